The van der Waals surface area contributed by atoms with Gasteiger partial charge in [0, 0.05) is 18.4 Å². The van der Waals surface area contributed by atoms with Crippen LogP contribution >= 0.6 is 0 Å². The molecule has 1 N–H and O–H groups in total. The molecule has 1 unspecified atom stereocenters. The van der Waals surface area contributed by atoms with Crippen LogP contribution in [0.5, 0.6) is 11.5 Å². The molecule has 0 bridgehead atoms. The van der Waals surface area contributed by atoms with Gasteiger partial charge in [0.15, 0.2) is 11.5 Å². The van der Waals surface area contributed by atoms with E-state index in [-0.39, 0.29) is 24.7 Å². The van der Waals surface area contributed by atoms with Crippen molar-refractivity contribution in [1.82, 2.24) is 5.48 Å². The molecule has 1 heterocycles. The van der Waals surface area contributed by atoms with Gasteiger partial charge in [-0.15, -0.1) is 0 Å². The summed E-state index contributed by atoms with van der Waals surface area (Å²) < 4.78 is 16.4. The van der Waals surface area contributed by atoms with Crippen LogP contribution in [-0.2, 0) is 19.2 Å². The second-order valence-electron chi connectivity index (χ2n) is 7.28. The lowest BCUT2D eigenvalue weighted by molar-refractivity contribution is -0.180. The Morgan fingerprint density at radius 2 is 1.96 bits per heavy atom. The van der Waals surface area contributed by atoms with E-state index in [4.69, 9.17) is 19.0 Å². The Morgan fingerprint density at radius 1 is 1.21 bits per heavy atom. The zero-order chi connectivity index (χ0) is 20.1. The average molecular weight is 389 g/mol. The zero-order valence-corrected chi connectivity index (χ0v) is 16.6. The number of carbonyl (C=O) groups is 2. The minimum absolute atomic E-state index is 0.0604. The lowest BCUT2D eigenvalue weighted by Crippen LogP contribution is -2.49. The third kappa shape index (κ3) is 4.30. The standard InChI is InChI=1S/C21H27NO6/c1-14(23)13-21(20(24)26-3)11-10-17(22-28-21)15-8-9-18(25-2)19(12-15)27-16-6-4-5-7-16/h8-10,12,16,22H,4-7,11,13H2,1-3H3. The average Bonchev–Trinajstić information content (AvgIpc) is 3.20. The van der Waals surface area contributed by atoms with Crippen molar-refractivity contribution >= 4 is 17.4 Å². The number of hydrogen-bond donors (Lipinski definition) is 1. The van der Waals surface area contributed by atoms with Crippen molar-refractivity contribution in [2.45, 2.75) is 57.2 Å². The normalized spacial score (nSPS) is 22.2. The molecule has 1 aromatic carbocycles. The van der Waals surface area contributed by atoms with Crippen LogP contribution in [0.15, 0.2) is 24.3 Å². The molecule has 152 valence electrons. The highest BCUT2D eigenvalue weighted by atomic mass is 16.7. The first kappa shape index (κ1) is 20.2. The van der Waals surface area contributed by atoms with Crippen molar-refractivity contribution in [2.24, 2.45) is 0 Å². The maximum Gasteiger partial charge on any atom is 0.341 e. The Morgan fingerprint density at radius 3 is 2.54 bits per heavy atom. The molecule has 0 spiro atoms. The third-order valence-corrected chi connectivity index (χ3v) is 5.15. The number of ether oxygens (including phenoxy) is 3. The maximum atomic E-state index is 12.2. The number of hydroxylamine groups is 1. The van der Waals surface area contributed by atoms with Crippen LogP contribution in [0.2, 0.25) is 0 Å². The van der Waals surface area contributed by atoms with Gasteiger partial charge in [0.1, 0.15) is 5.78 Å². The highest BCUT2D eigenvalue weighted by Crippen LogP contribution is 2.36. The number of methoxy groups -OCH3 is 2. The van der Waals surface area contributed by atoms with Crippen molar-refractivity contribution in [3.63, 3.8) is 0 Å². The van der Waals surface area contributed by atoms with Gasteiger partial charge in [-0.25, -0.2) is 4.79 Å². The summed E-state index contributed by atoms with van der Waals surface area (Å²) >= 11 is 0. The first-order valence-corrected chi connectivity index (χ1v) is 9.54. The summed E-state index contributed by atoms with van der Waals surface area (Å²) in [6.07, 6.45) is 6.66. The molecule has 1 aromatic rings. The van der Waals surface area contributed by atoms with Crippen LogP contribution in [0.1, 0.15) is 51.0 Å². The van der Waals surface area contributed by atoms with Crippen molar-refractivity contribution in [2.75, 3.05) is 14.2 Å². The second kappa shape index (κ2) is 8.65. The van der Waals surface area contributed by atoms with Crippen molar-refractivity contribution < 1.29 is 28.6 Å². The molecular weight excluding hydrogens is 362 g/mol. The fourth-order valence-corrected chi connectivity index (χ4v) is 3.70. The Labute approximate surface area is 164 Å². The minimum atomic E-state index is -1.35. The molecule has 1 atom stereocenters. The largest absolute Gasteiger partial charge is 0.493 e. The van der Waals surface area contributed by atoms with Crippen LogP contribution in [0.4, 0.5) is 0 Å². The predicted octanol–water partition coefficient (Wildman–Crippen LogP) is 3.17. The number of rotatable bonds is 7. The molecular formula is C21H27NO6. The first-order chi connectivity index (χ1) is 13.5. The molecule has 1 aliphatic carbocycles. The first-order valence-electron chi connectivity index (χ1n) is 9.54. The Balaban J connectivity index is 1.82. The topological polar surface area (TPSA) is 83.1 Å². The van der Waals surface area contributed by atoms with E-state index in [1.54, 1.807) is 7.11 Å². The molecule has 1 saturated carbocycles. The lowest BCUT2D eigenvalue weighted by Gasteiger charge is -2.33. The summed E-state index contributed by atoms with van der Waals surface area (Å²) in [5, 5.41) is 0. The summed E-state index contributed by atoms with van der Waals surface area (Å²) in [7, 11) is 2.90. The lowest BCUT2D eigenvalue weighted by atomic mass is 9.91. The van der Waals surface area contributed by atoms with Crippen molar-refractivity contribution in [1.29, 1.82) is 0 Å². The molecule has 28 heavy (non-hydrogen) atoms. The van der Waals surface area contributed by atoms with E-state index in [1.165, 1.54) is 26.9 Å². The van der Waals surface area contributed by atoms with Crippen LogP contribution < -0.4 is 15.0 Å². The molecule has 0 amide bonds. The van der Waals surface area contributed by atoms with Gasteiger partial charge >= 0.3 is 5.97 Å². The monoisotopic (exact) mass is 389 g/mol. The number of carbonyl (C=O) groups excluding carboxylic acids is 2. The highest BCUT2D eigenvalue weighted by molar-refractivity contribution is 5.88. The second-order valence-corrected chi connectivity index (χ2v) is 7.28. The number of ketones is 1. The van der Waals surface area contributed by atoms with E-state index < -0.39 is 11.6 Å². The zero-order valence-electron chi connectivity index (χ0n) is 16.6. The van der Waals surface area contributed by atoms with Gasteiger partial charge in [0.25, 0.3) is 0 Å². The van der Waals surface area contributed by atoms with E-state index >= 15 is 0 Å². The quantitative estimate of drug-likeness (QED) is 0.717. The maximum absolute atomic E-state index is 12.2. The van der Waals surface area contributed by atoms with Crippen LogP contribution in [0.25, 0.3) is 5.70 Å². The van der Waals surface area contributed by atoms with E-state index in [0.717, 1.165) is 18.4 Å². The summed E-state index contributed by atoms with van der Waals surface area (Å²) in [6.45, 7) is 1.42. The molecule has 0 radical (unpaired) electrons. The Bertz CT molecular complexity index is 768. The smallest absolute Gasteiger partial charge is 0.341 e. The van der Waals surface area contributed by atoms with Crippen LogP contribution in [0, 0.1) is 0 Å². The van der Waals surface area contributed by atoms with Gasteiger partial charge in [0.05, 0.1) is 26.0 Å². The van der Waals surface area contributed by atoms with Crippen LogP contribution in [-0.4, -0.2) is 37.7 Å². The highest BCUT2D eigenvalue weighted by Gasteiger charge is 2.44. The molecule has 3 rings (SSSR count). The van der Waals surface area contributed by atoms with Crippen LogP contribution in [0.3, 0.4) is 0 Å². The summed E-state index contributed by atoms with van der Waals surface area (Å²) in [6, 6.07) is 5.63. The van der Waals surface area contributed by atoms with Gasteiger partial charge in [0.2, 0.25) is 5.60 Å². The third-order valence-electron chi connectivity index (χ3n) is 5.15. The molecule has 1 aliphatic heterocycles. The summed E-state index contributed by atoms with van der Waals surface area (Å²) in [5.41, 5.74) is 3.01. The number of nitrogens with one attached hydrogen (secondary N) is 1. The SMILES string of the molecule is COC(=O)C1(CC(C)=O)CC=C(c2ccc(OC)c(OC3CCCC3)c2)NO1. The predicted molar refractivity (Wildman–Crippen MR) is 103 cm³/mol. The van der Waals surface area contributed by atoms with Gasteiger partial charge in [-0.05, 0) is 50.8 Å². The van der Waals surface area contributed by atoms with Crippen molar-refractivity contribution in [3.8, 4) is 11.5 Å². The van der Waals surface area contributed by atoms with Gasteiger partial charge in [-0.3, -0.25) is 15.1 Å². The molecule has 7 nitrogen and oxygen atoms in total. The van der Waals surface area contributed by atoms with E-state index in [1.807, 2.05) is 24.3 Å². The minimum Gasteiger partial charge on any atom is -0.493 e. The van der Waals surface area contributed by atoms with E-state index in [0.29, 0.717) is 17.2 Å². The molecule has 7 heteroatoms. The van der Waals surface area contributed by atoms with E-state index in [9.17, 15) is 9.59 Å². The Hall–Kier alpha value is -2.54. The Kier molecular flexibility index (Phi) is 6.24. The van der Waals surface area contributed by atoms with Gasteiger partial charge in [-0.2, -0.15) is 0 Å². The van der Waals surface area contributed by atoms with Gasteiger partial charge < -0.3 is 14.2 Å². The number of benzene rings is 1. The summed E-state index contributed by atoms with van der Waals surface area (Å²) in [5.74, 6) is 0.628. The number of hydrogen-bond acceptors (Lipinski definition) is 7. The molecule has 0 saturated heterocycles. The fraction of sp³-hybridized carbons (Fsp3) is 0.524. The summed E-state index contributed by atoms with van der Waals surface area (Å²) in [4.78, 5) is 29.4. The molecule has 1 fully saturated rings. The fourth-order valence-electron chi connectivity index (χ4n) is 3.70. The number of Topliss-reactive ketones (excluding diaryl/α,β-unsaturated/α-hetero) is 1. The van der Waals surface area contributed by atoms with Crippen molar-refractivity contribution in [3.05, 3.63) is 29.8 Å². The molecule has 0 aromatic heterocycles. The number of esters is 1. The molecule has 2 aliphatic rings. The van der Waals surface area contributed by atoms with Gasteiger partial charge in [-0.1, -0.05) is 6.08 Å². The van der Waals surface area contributed by atoms with E-state index in [2.05, 4.69) is 5.48 Å².